The lowest BCUT2D eigenvalue weighted by atomic mass is 9.83. The lowest BCUT2D eigenvalue weighted by molar-refractivity contribution is -0.659. The van der Waals surface area contributed by atoms with Gasteiger partial charge in [0.15, 0.2) is 6.20 Å². The van der Waals surface area contributed by atoms with Crippen LogP contribution >= 0.6 is 11.8 Å². The molecule has 0 amide bonds. The molecule has 3 heterocycles. The molecule has 3 heteroatoms. The first-order valence-corrected chi connectivity index (χ1v) is 15.2. The van der Waals surface area contributed by atoms with E-state index in [1.54, 1.807) is 0 Å². The Morgan fingerprint density at radius 1 is 0.775 bits per heavy atom. The lowest BCUT2D eigenvalue weighted by Crippen LogP contribution is -2.32. The Hall–Kier alpha value is -3.30. The summed E-state index contributed by atoms with van der Waals surface area (Å²) in [5, 5.41) is 7.85. The Morgan fingerprint density at radius 3 is 2.20 bits per heavy atom. The van der Waals surface area contributed by atoms with Crippen LogP contribution in [-0.4, -0.2) is 0 Å². The number of benzene rings is 4. The molecule has 0 saturated carbocycles. The summed E-state index contributed by atoms with van der Waals surface area (Å²) in [6, 6.07) is 20.3. The van der Waals surface area contributed by atoms with Crippen LogP contribution in [0, 0.1) is 17.8 Å². The van der Waals surface area contributed by atoms with E-state index in [1.807, 2.05) is 11.8 Å². The summed E-state index contributed by atoms with van der Waals surface area (Å²) >= 11 is 1.95. The molecule has 0 saturated heterocycles. The van der Waals surface area contributed by atoms with Crippen molar-refractivity contribution in [3.8, 4) is 11.3 Å². The number of para-hydroxylation sites is 1. The van der Waals surface area contributed by atoms with Crippen molar-refractivity contribution in [2.75, 3.05) is 0 Å². The summed E-state index contributed by atoms with van der Waals surface area (Å²) in [5.74, 6) is 0. The average Bonchev–Trinajstić information content (AvgIpc) is 3.25. The van der Waals surface area contributed by atoms with Crippen molar-refractivity contribution in [2.45, 2.75) is 71.1 Å². The number of furan rings is 1. The largest absolute Gasteiger partial charge is 0.456 e. The smallest absolute Gasteiger partial charge is 0.222 e. The Morgan fingerprint density at radius 2 is 1.48 bits per heavy atom. The fourth-order valence-electron chi connectivity index (χ4n) is 6.83. The Kier molecular flexibility index (Phi) is 5.52. The van der Waals surface area contributed by atoms with Gasteiger partial charge in [0.05, 0.1) is 10.9 Å². The van der Waals surface area contributed by atoms with E-state index in [0.717, 1.165) is 24.0 Å². The van der Waals surface area contributed by atoms with E-state index in [0.29, 0.717) is 0 Å². The summed E-state index contributed by atoms with van der Waals surface area (Å²) in [4.78, 5) is 2.70. The molecule has 0 atom stereocenters. The van der Waals surface area contributed by atoms with Crippen LogP contribution < -0.4 is 4.57 Å². The van der Waals surface area contributed by atoms with Crippen molar-refractivity contribution in [1.82, 2.24) is 0 Å². The Labute approximate surface area is 241 Å². The maximum Gasteiger partial charge on any atom is 0.222 e. The van der Waals surface area contributed by atoms with E-state index in [1.165, 1.54) is 70.1 Å². The van der Waals surface area contributed by atoms with Crippen LogP contribution in [-0.2, 0) is 19.9 Å². The van der Waals surface area contributed by atoms with E-state index in [9.17, 15) is 0 Å². The standard InChI is InChI=1S/C37H38NOS/c1-21-23-13-9-10-14-24(23)27(20-37(5,6)7)35-30(21)33-32-25(16-17-38(33)8)31-26-15-11-12-22(19-36(2,3)4)34(26)39-28(31)18-29(32)40-35/h9-18H,19-20H2,1-8H3/q+1. The predicted molar refractivity (Wildman–Crippen MR) is 171 cm³/mol. The van der Waals surface area contributed by atoms with Gasteiger partial charge in [0, 0.05) is 32.0 Å². The second-order valence-electron chi connectivity index (χ2n) is 14.1. The molecule has 40 heavy (non-hydrogen) atoms. The molecule has 0 bridgehead atoms. The number of fused-ring (bicyclic) bond motifs is 7. The minimum atomic E-state index is 0.174. The molecule has 0 spiro atoms. The number of pyridine rings is 1. The molecule has 0 aliphatic carbocycles. The summed E-state index contributed by atoms with van der Waals surface area (Å²) in [7, 11) is 2.20. The molecule has 0 radical (unpaired) electrons. The average molecular weight is 545 g/mol. The first-order chi connectivity index (χ1) is 18.9. The van der Waals surface area contributed by atoms with Crippen LogP contribution in [0.25, 0.3) is 54.7 Å². The molecule has 2 aromatic heterocycles. The molecule has 2 nitrogen and oxygen atoms in total. The zero-order valence-corrected chi connectivity index (χ0v) is 25.8. The Balaban J connectivity index is 1.61. The number of aryl methyl sites for hydroxylation is 2. The van der Waals surface area contributed by atoms with Crippen molar-refractivity contribution in [3.05, 3.63) is 77.5 Å². The minimum absolute atomic E-state index is 0.174. The first kappa shape index (κ1) is 25.7. The van der Waals surface area contributed by atoms with Crippen LogP contribution in [0.2, 0.25) is 0 Å². The van der Waals surface area contributed by atoms with E-state index < -0.39 is 0 Å². The summed E-state index contributed by atoms with van der Waals surface area (Å²) in [5.41, 5.74) is 9.23. The van der Waals surface area contributed by atoms with Gasteiger partial charge in [-0.1, -0.05) is 95.8 Å². The molecular weight excluding hydrogens is 506 g/mol. The second-order valence-corrected chi connectivity index (χ2v) is 15.2. The van der Waals surface area contributed by atoms with Crippen molar-refractivity contribution in [3.63, 3.8) is 0 Å². The number of aromatic nitrogens is 1. The molecule has 0 fully saturated rings. The summed E-state index contributed by atoms with van der Waals surface area (Å²) in [6.07, 6.45) is 4.26. The van der Waals surface area contributed by atoms with Crippen LogP contribution in [0.1, 0.15) is 58.2 Å². The molecule has 0 unspecified atom stereocenters. The maximum absolute atomic E-state index is 6.75. The van der Waals surface area contributed by atoms with Gasteiger partial charge in [0.1, 0.15) is 18.2 Å². The number of hydrogen-bond donors (Lipinski definition) is 0. The molecule has 1 aliphatic heterocycles. The second kappa shape index (κ2) is 8.60. The van der Waals surface area contributed by atoms with E-state index in [4.69, 9.17) is 4.42 Å². The Bertz CT molecular complexity index is 2010. The van der Waals surface area contributed by atoms with Crippen molar-refractivity contribution in [2.24, 2.45) is 17.9 Å². The van der Waals surface area contributed by atoms with Crippen LogP contribution in [0.5, 0.6) is 0 Å². The molecular formula is C37H38NOS+. The zero-order chi connectivity index (χ0) is 28.1. The van der Waals surface area contributed by atoms with Gasteiger partial charge in [0.25, 0.3) is 0 Å². The molecule has 4 aromatic carbocycles. The van der Waals surface area contributed by atoms with Crippen molar-refractivity contribution >= 4 is 55.2 Å². The lowest BCUT2D eigenvalue weighted by Gasteiger charge is -2.27. The van der Waals surface area contributed by atoms with E-state index >= 15 is 0 Å². The highest BCUT2D eigenvalue weighted by atomic mass is 32.2. The van der Waals surface area contributed by atoms with E-state index in [-0.39, 0.29) is 10.8 Å². The van der Waals surface area contributed by atoms with Gasteiger partial charge in [-0.25, -0.2) is 4.57 Å². The number of nitrogens with zero attached hydrogens (tertiary/aromatic N) is 1. The summed E-state index contributed by atoms with van der Waals surface area (Å²) < 4.78 is 9.09. The molecule has 7 rings (SSSR count). The number of rotatable bonds is 2. The third-order valence-corrected chi connectivity index (χ3v) is 9.53. The van der Waals surface area contributed by atoms with Gasteiger partial charge in [-0.15, -0.1) is 0 Å². The van der Waals surface area contributed by atoms with E-state index in [2.05, 4.69) is 121 Å². The quantitative estimate of drug-likeness (QED) is 0.201. The van der Waals surface area contributed by atoms with Crippen LogP contribution in [0.15, 0.2) is 75.0 Å². The minimum Gasteiger partial charge on any atom is -0.456 e. The van der Waals surface area contributed by atoms with Gasteiger partial charge in [-0.3, -0.25) is 0 Å². The van der Waals surface area contributed by atoms with Crippen LogP contribution in [0.3, 0.4) is 0 Å². The molecule has 1 aliphatic rings. The fraction of sp³-hybridized carbons (Fsp3) is 0.324. The molecule has 0 N–H and O–H groups in total. The van der Waals surface area contributed by atoms with Gasteiger partial charge >= 0.3 is 0 Å². The van der Waals surface area contributed by atoms with Gasteiger partial charge in [-0.05, 0) is 64.1 Å². The highest BCUT2D eigenvalue weighted by Crippen LogP contribution is 2.54. The summed E-state index contributed by atoms with van der Waals surface area (Å²) in [6.45, 7) is 16.3. The topological polar surface area (TPSA) is 17.0 Å². The highest BCUT2D eigenvalue weighted by Gasteiger charge is 2.34. The molecule has 202 valence electrons. The maximum atomic E-state index is 6.75. The van der Waals surface area contributed by atoms with Crippen molar-refractivity contribution in [1.29, 1.82) is 0 Å². The van der Waals surface area contributed by atoms with Crippen LogP contribution in [0.4, 0.5) is 0 Å². The molecule has 6 aromatic rings. The first-order valence-electron chi connectivity index (χ1n) is 14.4. The van der Waals surface area contributed by atoms with Gasteiger partial charge in [0.2, 0.25) is 5.69 Å². The zero-order valence-electron chi connectivity index (χ0n) is 25.0. The number of hydrogen-bond acceptors (Lipinski definition) is 2. The fourth-order valence-corrected chi connectivity index (χ4v) is 8.18. The highest BCUT2D eigenvalue weighted by molar-refractivity contribution is 8.00. The van der Waals surface area contributed by atoms with Gasteiger partial charge < -0.3 is 4.42 Å². The normalized spacial score (nSPS) is 13.6. The monoisotopic (exact) mass is 544 g/mol. The SMILES string of the molecule is Cc1c2c(c(CC(C)(C)C)c3ccccc13)Sc1cc3oc4c(CC(C)(C)C)cccc4c3c3cc[n+](C)c-2c13. The van der Waals surface area contributed by atoms with Crippen molar-refractivity contribution < 1.29 is 8.98 Å². The van der Waals surface area contributed by atoms with Gasteiger partial charge in [-0.2, -0.15) is 0 Å². The third kappa shape index (κ3) is 3.89. The predicted octanol–water partition coefficient (Wildman–Crippen LogP) is 10.3. The third-order valence-electron chi connectivity index (χ3n) is 8.33.